The van der Waals surface area contributed by atoms with Crippen molar-refractivity contribution in [3.63, 3.8) is 0 Å². The summed E-state index contributed by atoms with van der Waals surface area (Å²) in [6.45, 7) is 1.33. The summed E-state index contributed by atoms with van der Waals surface area (Å²) in [6, 6.07) is 7.34. The van der Waals surface area contributed by atoms with Crippen molar-refractivity contribution in [3.05, 3.63) is 28.8 Å². The van der Waals surface area contributed by atoms with Crippen LogP contribution in [0.2, 0.25) is 5.02 Å². The van der Waals surface area contributed by atoms with Crippen LogP contribution in [0.1, 0.15) is 12.0 Å². The van der Waals surface area contributed by atoms with E-state index in [9.17, 15) is 4.79 Å². The summed E-state index contributed by atoms with van der Waals surface area (Å²) in [7, 11) is 1.40. The lowest BCUT2D eigenvalue weighted by atomic mass is 10.1. The molecule has 18 heavy (non-hydrogen) atoms. The highest BCUT2D eigenvalue weighted by molar-refractivity contribution is 6.30. The number of nitriles is 1. The molecule has 2 rings (SSSR count). The van der Waals surface area contributed by atoms with E-state index in [1.165, 1.54) is 7.11 Å². The Labute approximate surface area is 111 Å². The molecule has 0 saturated carbocycles. The lowest BCUT2D eigenvalue weighted by Crippen LogP contribution is -2.24. The van der Waals surface area contributed by atoms with Gasteiger partial charge < -0.3 is 9.64 Å². The largest absolute Gasteiger partial charge is 0.469 e. The third-order valence-corrected chi connectivity index (χ3v) is 3.38. The number of benzene rings is 1. The molecule has 1 aliphatic rings. The predicted octanol–water partition coefficient (Wildman–Crippen LogP) is 2.21. The van der Waals surface area contributed by atoms with E-state index in [1.54, 1.807) is 12.1 Å². The van der Waals surface area contributed by atoms with Gasteiger partial charge in [0.2, 0.25) is 0 Å². The average Bonchev–Trinajstić information content (AvgIpc) is 2.87. The maximum Gasteiger partial charge on any atom is 0.310 e. The van der Waals surface area contributed by atoms with Gasteiger partial charge in [-0.15, -0.1) is 0 Å². The Kier molecular flexibility index (Phi) is 3.73. The molecule has 0 aromatic heterocycles. The van der Waals surface area contributed by atoms with Gasteiger partial charge in [0.25, 0.3) is 0 Å². The molecule has 0 spiro atoms. The molecule has 1 fully saturated rings. The monoisotopic (exact) mass is 264 g/mol. The van der Waals surface area contributed by atoms with E-state index in [1.807, 2.05) is 11.0 Å². The second-order valence-corrected chi connectivity index (χ2v) is 4.66. The Morgan fingerprint density at radius 3 is 3.06 bits per heavy atom. The standard InChI is InChI=1S/C13H13ClN2O2/c1-18-13(17)9-4-5-16(8-9)12-3-2-11(14)6-10(12)7-15/h2-3,6,9H,4-5,8H2,1H3. The zero-order valence-corrected chi connectivity index (χ0v) is 10.8. The van der Waals surface area contributed by atoms with E-state index < -0.39 is 0 Å². The zero-order valence-electron chi connectivity index (χ0n) is 10.0. The maximum absolute atomic E-state index is 11.5. The fourth-order valence-corrected chi connectivity index (χ4v) is 2.38. The number of ether oxygens (including phenoxy) is 1. The van der Waals surface area contributed by atoms with Crippen LogP contribution in [0.3, 0.4) is 0 Å². The van der Waals surface area contributed by atoms with Crippen molar-refractivity contribution in [1.82, 2.24) is 0 Å². The van der Waals surface area contributed by atoms with Crippen molar-refractivity contribution >= 4 is 23.3 Å². The Morgan fingerprint density at radius 1 is 1.61 bits per heavy atom. The summed E-state index contributed by atoms with van der Waals surface area (Å²) in [5, 5.41) is 9.64. The van der Waals surface area contributed by atoms with Gasteiger partial charge in [-0.1, -0.05) is 11.6 Å². The smallest absolute Gasteiger partial charge is 0.310 e. The number of halogens is 1. The number of anilines is 1. The fourth-order valence-electron chi connectivity index (χ4n) is 2.21. The van der Waals surface area contributed by atoms with Gasteiger partial charge in [0, 0.05) is 18.1 Å². The summed E-state index contributed by atoms with van der Waals surface area (Å²) < 4.78 is 4.74. The molecule has 1 heterocycles. The topological polar surface area (TPSA) is 53.3 Å². The van der Waals surface area contributed by atoms with Crippen LogP contribution in [0.5, 0.6) is 0 Å². The number of nitrogens with zero attached hydrogens (tertiary/aromatic N) is 2. The molecule has 0 bridgehead atoms. The molecule has 1 aliphatic heterocycles. The number of esters is 1. The summed E-state index contributed by atoms with van der Waals surface area (Å²) in [5.74, 6) is -0.304. The molecule has 0 N–H and O–H groups in total. The Morgan fingerprint density at radius 2 is 2.39 bits per heavy atom. The molecule has 1 saturated heterocycles. The fraction of sp³-hybridized carbons (Fsp3) is 0.385. The third-order valence-electron chi connectivity index (χ3n) is 3.14. The van der Waals surface area contributed by atoms with Crippen molar-refractivity contribution in [3.8, 4) is 6.07 Å². The molecule has 0 aliphatic carbocycles. The van der Waals surface area contributed by atoms with Crippen LogP contribution in [0, 0.1) is 17.2 Å². The summed E-state index contributed by atoms with van der Waals surface area (Å²) in [4.78, 5) is 13.5. The van der Waals surface area contributed by atoms with Gasteiger partial charge in [-0.2, -0.15) is 5.26 Å². The minimum atomic E-state index is -0.190. The SMILES string of the molecule is COC(=O)C1CCN(c2ccc(Cl)cc2C#N)C1. The molecule has 5 heteroatoms. The van der Waals surface area contributed by atoms with E-state index in [0.717, 1.165) is 18.7 Å². The molecular weight excluding hydrogens is 252 g/mol. The number of carbonyl (C=O) groups is 1. The molecule has 0 radical (unpaired) electrons. The molecule has 1 aromatic carbocycles. The van der Waals surface area contributed by atoms with E-state index >= 15 is 0 Å². The Hall–Kier alpha value is -1.73. The number of rotatable bonds is 2. The third kappa shape index (κ3) is 2.41. The maximum atomic E-state index is 11.5. The number of methoxy groups -OCH3 is 1. The second-order valence-electron chi connectivity index (χ2n) is 4.23. The van der Waals surface area contributed by atoms with Gasteiger partial charge in [-0.25, -0.2) is 0 Å². The molecule has 1 aromatic rings. The molecule has 1 unspecified atom stereocenters. The normalized spacial score (nSPS) is 18.5. The summed E-state index contributed by atoms with van der Waals surface area (Å²) >= 11 is 5.86. The number of hydrogen-bond acceptors (Lipinski definition) is 4. The van der Waals surface area contributed by atoms with Crippen molar-refractivity contribution < 1.29 is 9.53 Å². The zero-order chi connectivity index (χ0) is 13.1. The summed E-state index contributed by atoms with van der Waals surface area (Å²) in [6.07, 6.45) is 0.750. The van der Waals surface area contributed by atoms with Gasteiger partial charge in [0.05, 0.1) is 24.3 Å². The predicted molar refractivity (Wildman–Crippen MR) is 68.5 cm³/mol. The molecule has 1 atom stereocenters. The van der Waals surface area contributed by atoms with Crippen molar-refractivity contribution in [2.24, 2.45) is 5.92 Å². The van der Waals surface area contributed by atoms with Gasteiger partial charge in [-0.3, -0.25) is 4.79 Å². The van der Waals surface area contributed by atoms with E-state index in [0.29, 0.717) is 17.1 Å². The minimum Gasteiger partial charge on any atom is -0.469 e. The first-order valence-electron chi connectivity index (χ1n) is 5.68. The van der Waals surface area contributed by atoms with E-state index in [2.05, 4.69) is 6.07 Å². The first-order chi connectivity index (χ1) is 8.65. The van der Waals surface area contributed by atoms with Crippen LogP contribution in [0.15, 0.2) is 18.2 Å². The van der Waals surface area contributed by atoms with Crippen molar-refractivity contribution in [1.29, 1.82) is 5.26 Å². The van der Waals surface area contributed by atoms with Crippen LogP contribution < -0.4 is 4.90 Å². The number of hydrogen-bond donors (Lipinski definition) is 0. The molecular formula is C13H13ClN2O2. The highest BCUT2D eigenvalue weighted by atomic mass is 35.5. The first kappa shape index (κ1) is 12.7. The van der Waals surface area contributed by atoms with Gasteiger partial charge in [0.15, 0.2) is 0 Å². The molecule has 94 valence electrons. The summed E-state index contributed by atoms with van der Waals surface area (Å²) in [5.41, 5.74) is 1.36. The number of carbonyl (C=O) groups excluding carboxylic acids is 1. The van der Waals surface area contributed by atoms with Crippen molar-refractivity contribution in [2.45, 2.75) is 6.42 Å². The average molecular weight is 265 g/mol. The van der Waals surface area contributed by atoms with Crippen LogP contribution in [0.4, 0.5) is 5.69 Å². The Balaban J connectivity index is 2.20. The lowest BCUT2D eigenvalue weighted by molar-refractivity contribution is -0.144. The van der Waals surface area contributed by atoms with Crippen LogP contribution >= 0.6 is 11.6 Å². The first-order valence-corrected chi connectivity index (χ1v) is 6.06. The minimum absolute atomic E-state index is 0.114. The van der Waals surface area contributed by atoms with Crippen LogP contribution in [-0.4, -0.2) is 26.2 Å². The second kappa shape index (κ2) is 5.28. The Bertz CT molecular complexity index is 510. The highest BCUT2D eigenvalue weighted by Crippen LogP contribution is 2.29. The van der Waals surface area contributed by atoms with E-state index in [-0.39, 0.29) is 11.9 Å². The molecule has 0 amide bonds. The molecule has 4 nitrogen and oxygen atoms in total. The quantitative estimate of drug-likeness (QED) is 0.769. The highest BCUT2D eigenvalue weighted by Gasteiger charge is 2.30. The van der Waals surface area contributed by atoms with Crippen LogP contribution in [-0.2, 0) is 9.53 Å². The van der Waals surface area contributed by atoms with Gasteiger partial charge in [-0.05, 0) is 24.6 Å². The van der Waals surface area contributed by atoms with Crippen LogP contribution in [0.25, 0.3) is 0 Å². The van der Waals surface area contributed by atoms with Crippen molar-refractivity contribution in [2.75, 3.05) is 25.1 Å². The van der Waals surface area contributed by atoms with Gasteiger partial charge in [0.1, 0.15) is 6.07 Å². The van der Waals surface area contributed by atoms with E-state index in [4.69, 9.17) is 21.6 Å². The van der Waals surface area contributed by atoms with Gasteiger partial charge >= 0.3 is 5.97 Å². The lowest BCUT2D eigenvalue weighted by Gasteiger charge is -2.19.